The summed E-state index contributed by atoms with van der Waals surface area (Å²) in [7, 11) is 0. The van der Waals surface area contributed by atoms with Crippen molar-refractivity contribution in [2.45, 2.75) is 13.0 Å². The van der Waals surface area contributed by atoms with Gasteiger partial charge in [0.05, 0.1) is 25.6 Å². The summed E-state index contributed by atoms with van der Waals surface area (Å²) in [6.45, 7) is 4.28. The van der Waals surface area contributed by atoms with Crippen LogP contribution in [-0.2, 0) is 4.74 Å². The first-order valence-corrected chi connectivity index (χ1v) is 5.84. The fourth-order valence-electron chi connectivity index (χ4n) is 2.04. The predicted octanol–water partition coefficient (Wildman–Crippen LogP) is 1.23. The van der Waals surface area contributed by atoms with Crippen molar-refractivity contribution < 1.29 is 4.74 Å². The summed E-state index contributed by atoms with van der Waals surface area (Å²) in [5, 5.41) is 0.221. The number of nitrogens with one attached hydrogen (secondary N) is 1. The molecule has 3 heterocycles. The minimum Gasteiger partial charge on any atom is -0.377 e. The molecule has 1 unspecified atom stereocenters. The number of H-pyrrole nitrogens is 1. The number of fused-ring (bicyclic) bond motifs is 1. The molecule has 1 aliphatic heterocycles. The maximum absolute atomic E-state index is 5.91. The number of aromatic amines is 1. The summed E-state index contributed by atoms with van der Waals surface area (Å²) < 4.78 is 5.41. The molecule has 1 N–H and O–H groups in total. The number of hydrogen-bond donors (Lipinski definition) is 1. The van der Waals surface area contributed by atoms with Crippen molar-refractivity contribution in [1.82, 2.24) is 19.9 Å². The van der Waals surface area contributed by atoms with Gasteiger partial charge in [0.1, 0.15) is 5.52 Å². The van der Waals surface area contributed by atoms with Crippen LogP contribution in [-0.4, -0.2) is 45.7 Å². The van der Waals surface area contributed by atoms with Gasteiger partial charge in [-0.05, 0) is 18.5 Å². The predicted molar refractivity (Wildman–Crippen MR) is 64.3 cm³/mol. The number of rotatable bonds is 1. The summed E-state index contributed by atoms with van der Waals surface area (Å²) in [5.41, 5.74) is 1.42. The molecule has 0 radical (unpaired) electrons. The smallest absolute Gasteiger partial charge is 0.226 e. The summed E-state index contributed by atoms with van der Waals surface area (Å²) in [6, 6.07) is 0.265. The highest BCUT2D eigenvalue weighted by molar-refractivity contribution is 6.28. The third kappa shape index (κ3) is 1.83. The summed E-state index contributed by atoms with van der Waals surface area (Å²) in [6.07, 6.45) is 1.60. The Morgan fingerprint density at radius 3 is 3.24 bits per heavy atom. The number of hydrogen-bond acceptors (Lipinski definition) is 5. The number of aromatic nitrogens is 4. The Balaban J connectivity index is 2.11. The molecule has 0 saturated carbocycles. The molecule has 17 heavy (non-hydrogen) atoms. The molecule has 0 bridgehead atoms. The number of ether oxygens (including phenoxy) is 1. The van der Waals surface area contributed by atoms with Crippen molar-refractivity contribution in [3.63, 3.8) is 0 Å². The first-order chi connectivity index (χ1) is 8.25. The molecule has 1 saturated heterocycles. The quantitative estimate of drug-likeness (QED) is 0.775. The second-order valence-corrected chi connectivity index (χ2v) is 4.37. The topological polar surface area (TPSA) is 66.9 Å². The zero-order valence-corrected chi connectivity index (χ0v) is 10.1. The highest BCUT2D eigenvalue weighted by atomic mass is 35.5. The van der Waals surface area contributed by atoms with E-state index in [4.69, 9.17) is 16.3 Å². The lowest BCUT2D eigenvalue weighted by molar-refractivity contribution is 0.0986. The van der Waals surface area contributed by atoms with Crippen LogP contribution in [0.1, 0.15) is 6.92 Å². The molecule has 0 spiro atoms. The summed E-state index contributed by atoms with van der Waals surface area (Å²) in [5.74, 6) is 0.799. The molecular weight excluding hydrogens is 242 g/mol. The zero-order chi connectivity index (χ0) is 11.8. The van der Waals surface area contributed by atoms with E-state index in [-0.39, 0.29) is 11.3 Å². The van der Waals surface area contributed by atoms with E-state index < -0.39 is 0 Å². The van der Waals surface area contributed by atoms with Crippen LogP contribution >= 0.6 is 11.6 Å². The fourth-order valence-corrected chi connectivity index (χ4v) is 2.20. The number of halogens is 1. The van der Waals surface area contributed by atoms with Crippen LogP contribution in [0.4, 0.5) is 5.82 Å². The van der Waals surface area contributed by atoms with Crippen molar-refractivity contribution >= 4 is 28.6 Å². The molecule has 0 aromatic carbocycles. The van der Waals surface area contributed by atoms with Crippen LogP contribution in [0.3, 0.4) is 0 Å². The van der Waals surface area contributed by atoms with Gasteiger partial charge in [-0.25, -0.2) is 4.98 Å². The van der Waals surface area contributed by atoms with Gasteiger partial charge in [0.2, 0.25) is 5.28 Å². The lowest BCUT2D eigenvalue weighted by atomic mass is 10.2. The number of morpholine rings is 1. The molecule has 0 aliphatic carbocycles. The van der Waals surface area contributed by atoms with Gasteiger partial charge in [0.15, 0.2) is 11.5 Å². The SMILES string of the molecule is CC1COCCN1c1nc(Cl)nc2nc[nH]c12. The molecule has 2 aromatic heterocycles. The van der Waals surface area contributed by atoms with Crippen molar-refractivity contribution in [3.8, 4) is 0 Å². The van der Waals surface area contributed by atoms with Crippen LogP contribution in [0, 0.1) is 0 Å². The maximum Gasteiger partial charge on any atom is 0.226 e. The number of anilines is 1. The van der Waals surface area contributed by atoms with Crippen LogP contribution in [0.25, 0.3) is 11.2 Å². The van der Waals surface area contributed by atoms with Crippen molar-refractivity contribution in [2.24, 2.45) is 0 Å². The Morgan fingerprint density at radius 1 is 1.53 bits per heavy atom. The highest BCUT2D eigenvalue weighted by Crippen LogP contribution is 2.25. The molecule has 1 aliphatic rings. The minimum atomic E-state index is 0.221. The van der Waals surface area contributed by atoms with Gasteiger partial charge in [-0.1, -0.05) is 0 Å². The Morgan fingerprint density at radius 2 is 2.41 bits per heavy atom. The highest BCUT2D eigenvalue weighted by Gasteiger charge is 2.23. The first kappa shape index (κ1) is 10.7. The Labute approximate surface area is 103 Å². The number of nitrogens with zero attached hydrogens (tertiary/aromatic N) is 4. The third-order valence-corrected chi connectivity index (χ3v) is 3.05. The molecule has 1 fully saturated rings. The molecule has 7 heteroatoms. The van der Waals surface area contributed by atoms with Gasteiger partial charge in [0, 0.05) is 6.54 Å². The molecule has 90 valence electrons. The monoisotopic (exact) mass is 253 g/mol. The second kappa shape index (κ2) is 4.12. The lowest BCUT2D eigenvalue weighted by Gasteiger charge is -2.34. The van der Waals surface area contributed by atoms with E-state index in [9.17, 15) is 0 Å². The fraction of sp³-hybridized carbons (Fsp3) is 0.500. The Kier molecular flexibility index (Phi) is 2.60. The average Bonchev–Trinajstić information content (AvgIpc) is 2.76. The second-order valence-electron chi connectivity index (χ2n) is 4.03. The van der Waals surface area contributed by atoms with E-state index in [1.54, 1.807) is 6.33 Å². The van der Waals surface area contributed by atoms with Gasteiger partial charge in [-0.15, -0.1) is 0 Å². The third-order valence-electron chi connectivity index (χ3n) is 2.88. The van der Waals surface area contributed by atoms with E-state index in [0.29, 0.717) is 18.9 Å². The van der Waals surface area contributed by atoms with E-state index in [1.165, 1.54) is 0 Å². The molecule has 1 atom stereocenters. The maximum atomic E-state index is 5.91. The van der Waals surface area contributed by atoms with E-state index in [0.717, 1.165) is 17.9 Å². The molecule has 2 aromatic rings. The van der Waals surface area contributed by atoms with E-state index in [2.05, 4.69) is 31.8 Å². The molecule has 0 amide bonds. The van der Waals surface area contributed by atoms with Crippen molar-refractivity contribution in [1.29, 1.82) is 0 Å². The van der Waals surface area contributed by atoms with Gasteiger partial charge < -0.3 is 14.6 Å². The molecule has 6 nitrogen and oxygen atoms in total. The Bertz CT molecular complexity index is 542. The lowest BCUT2D eigenvalue weighted by Crippen LogP contribution is -2.44. The first-order valence-electron chi connectivity index (χ1n) is 5.46. The van der Waals surface area contributed by atoms with E-state index in [1.807, 2.05) is 0 Å². The van der Waals surface area contributed by atoms with Gasteiger partial charge >= 0.3 is 0 Å². The van der Waals surface area contributed by atoms with Crippen LogP contribution in [0.5, 0.6) is 0 Å². The zero-order valence-electron chi connectivity index (χ0n) is 9.35. The normalized spacial score (nSPS) is 21.1. The van der Waals surface area contributed by atoms with Gasteiger partial charge in [-0.3, -0.25) is 0 Å². The summed E-state index contributed by atoms with van der Waals surface area (Å²) in [4.78, 5) is 17.7. The Hall–Kier alpha value is -1.40. The minimum absolute atomic E-state index is 0.221. The van der Waals surface area contributed by atoms with Crippen molar-refractivity contribution in [3.05, 3.63) is 11.6 Å². The average molecular weight is 254 g/mol. The van der Waals surface area contributed by atoms with Crippen LogP contribution < -0.4 is 4.90 Å². The van der Waals surface area contributed by atoms with Gasteiger partial charge in [0.25, 0.3) is 0 Å². The largest absolute Gasteiger partial charge is 0.377 e. The summed E-state index contributed by atoms with van der Waals surface area (Å²) >= 11 is 5.91. The number of imidazole rings is 1. The molecular formula is C10H12ClN5O. The standard InChI is InChI=1S/C10H12ClN5O/c1-6-4-17-3-2-16(6)9-7-8(13-5-12-7)14-10(11)15-9/h5-6H,2-4H2,1H3,(H,12,13,14,15). The van der Waals surface area contributed by atoms with E-state index >= 15 is 0 Å². The van der Waals surface area contributed by atoms with Crippen molar-refractivity contribution in [2.75, 3.05) is 24.7 Å². The molecule has 3 rings (SSSR count). The van der Waals surface area contributed by atoms with Gasteiger partial charge in [-0.2, -0.15) is 9.97 Å². The van der Waals surface area contributed by atoms with Crippen LogP contribution in [0.2, 0.25) is 5.28 Å². The van der Waals surface area contributed by atoms with Crippen LogP contribution in [0.15, 0.2) is 6.33 Å².